The van der Waals surface area contributed by atoms with E-state index in [1.54, 1.807) is 6.07 Å². The Balaban J connectivity index is 1.61. The van der Waals surface area contributed by atoms with Crippen LogP contribution >= 0.6 is 12.2 Å². The van der Waals surface area contributed by atoms with Crippen molar-refractivity contribution in [3.05, 3.63) is 23.8 Å². The van der Waals surface area contributed by atoms with Crippen LogP contribution in [0.1, 0.15) is 12.1 Å². The molecule has 0 amide bonds. The standard InChI is InChI=1S/C15H19F2N5OS/c16-4-5-21-6-8-22(9-7-21)15(24)20-19-11-3-10-23-12-1-2-13(17)18-14(11)12/h1-2H,3-10H2,(H,20,24)/b19-11-. The van der Waals surface area contributed by atoms with E-state index in [-0.39, 0.29) is 6.67 Å². The lowest BCUT2D eigenvalue weighted by atomic mass is 10.1. The number of alkyl halides is 1. The Kier molecular flexibility index (Phi) is 5.52. The van der Waals surface area contributed by atoms with Crippen molar-refractivity contribution < 1.29 is 13.5 Å². The Bertz CT molecular complexity index is 634. The van der Waals surface area contributed by atoms with Crippen molar-refractivity contribution >= 4 is 23.0 Å². The van der Waals surface area contributed by atoms with E-state index in [1.807, 2.05) is 4.90 Å². The highest BCUT2D eigenvalue weighted by Gasteiger charge is 2.21. The second-order valence-corrected chi connectivity index (χ2v) is 5.96. The molecule has 0 atom stereocenters. The van der Waals surface area contributed by atoms with E-state index in [0.717, 1.165) is 26.2 Å². The average molecular weight is 355 g/mol. The van der Waals surface area contributed by atoms with Crippen LogP contribution in [-0.2, 0) is 0 Å². The van der Waals surface area contributed by atoms with Crippen molar-refractivity contribution in [3.8, 4) is 5.75 Å². The molecule has 0 saturated carbocycles. The normalized spacial score (nSPS) is 19.8. The van der Waals surface area contributed by atoms with Gasteiger partial charge in [-0.1, -0.05) is 0 Å². The molecular formula is C15H19F2N5OS. The molecule has 0 spiro atoms. The number of halogens is 2. The van der Waals surface area contributed by atoms with Crippen LogP contribution in [0.25, 0.3) is 0 Å². The lowest BCUT2D eigenvalue weighted by Gasteiger charge is -2.35. The first-order chi connectivity index (χ1) is 11.7. The quantitative estimate of drug-likeness (QED) is 0.499. The maximum atomic E-state index is 13.3. The number of nitrogens with zero attached hydrogens (tertiary/aromatic N) is 4. The Morgan fingerprint density at radius 1 is 1.33 bits per heavy atom. The molecule has 24 heavy (non-hydrogen) atoms. The number of hydrazone groups is 1. The zero-order valence-electron chi connectivity index (χ0n) is 13.2. The number of hydrogen-bond acceptors (Lipinski definition) is 5. The van der Waals surface area contributed by atoms with Crippen molar-refractivity contribution in [2.75, 3.05) is 46.0 Å². The van der Waals surface area contributed by atoms with Crippen LogP contribution in [0.15, 0.2) is 17.2 Å². The maximum Gasteiger partial charge on any atom is 0.213 e. The summed E-state index contributed by atoms with van der Waals surface area (Å²) >= 11 is 5.36. The van der Waals surface area contributed by atoms with Gasteiger partial charge in [-0.15, -0.1) is 0 Å². The van der Waals surface area contributed by atoms with Gasteiger partial charge < -0.3 is 9.64 Å². The van der Waals surface area contributed by atoms with Crippen LogP contribution in [0.4, 0.5) is 8.78 Å². The van der Waals surface area contributed by atoms with Crippen molar-refractivity contribution in [1.82, 2.24) is 20.2 Å². The highest BCUT2D eigenvalue weighted by Crippen LogP contribution is 2.23. The predicted octanol–water partition coefficient (Wildman–Crippen LogP) is 1.17. The molecule has 1 aromatic heterocycles. The number of fused-ring (bicyclic) bond motifs is 1. The molecule has 1 fully saturated rings. The monoisotopic (exact) mass is 355 g/mol. The van der Waals surface area contributed by atoms with Gasteiger partial charge in [0.1, 0.15) is 18.1 Å². The summed E-state index contributed by atoms with van der Waals surface area (Å²) in [5.74, 6) is -0.0486. The van der Waals surface area contributed by atoms with Crippen molar-refractivity contribution in [3.63, 3.8) is 0 Å². The van der Waals surface area contributed by atoms with E-state index >= 15 is 0 Å². The SMILES string of the molecule is FCCN1CCN(C(=S)N/N=C2/CCOc3ccc(F)nc32)CC1. The van der Waals surface area contributed by atoms with Crippen molar-refractivity contribution in [2.45, 2.75) is 6.42 Å². The molecule has 0 aliphatic carbocycles. The first-order valence-electron chi connectivity index (χ1n) is 7.87. The smallest absolute Gasteiger partial charge is 0.213 e. The molecule has 0 bridgehead atoms. The summed E-state index contributed by atoms with van der Waals surface area (Å²) in [5.41, 5.74) is 3.89. The Morgan fingerprint density at radius 3 is 2.88 bits per heavy atom. The third kappa shape index (κ3) is 3.96. The van der Waals surface area contributed by atoms with Crippen molar-refractivity contribution in [2.24, 2.45) is 5.10 Å². The largest absolute Gasteiger partial charge is 0.491 e. The average Bonchev–Trinajstić information content (AvgIpc) is 2.60. The van der Waals surface area contributed by atoms with E-state index in [0.29, 0.717) is 41.8 Å². The second kappa shape index (κ2) is 7.80. The topological polar surface area (TPSA) is 53.0 Å². The van der Waals surface area contributed by atoms with Gasteiger partial charge in [0.05, 0.1) is 12.3 Å². The molecule has 6 nitrogen and oxygen atoms in total. The molecule has 0 aromatic carbocycles. The summed E-state index contributed by atoms with van der Waals surface area (Å²) in [6.07, 6.45) is 0.531. The van der Waals surface area contributed by atoms with Gasteiger partial charge >= 0.3 is 0 Å². The number of rotatable bonds is 3. The molecule has 3 heterocycles. The summed E-state index contributed by atoms with van der Waals surface area (Å²) in [4.78, 5) is 7.91. The van der Waals surface area contributed by atoms with E-state index in [1.165, 1.54) is 6.07 Å². The summed E-state index contributed by atoms with van der Waals surface area (Å²) in [6.45, 7) is 3.59. The second-order valence-electron chi connectivity index (χ2n) is 5.57. The molecule has 9 heteroatoms. The minimum atomic E-state index is -0.571. The molecule has 0 radical (unpaired) electrons. The zero-order valence-corrected chi connectivity index (χ0v) is 14.0. The third-order valence-electron chi connectivity index (χ3n) is 4.04. The van der Waals surface area contributed by atoms with Crippen LogP contribution < -0.4 is 10.2 Å². The van der Waals surface area contributed by atoms with E-state index < -0.39 is 5.95 Å². The number of hydrogen-bond donors (Lipinski definition) is 1. The maximum absolute atomic E-state index is 13.3. The van der Waals surface area contributed by atoms with Gasteiger partial charge in [0.2, 0.25) is 5.95 Å². The molecule has 3 rings (SSSR count). The van der Waals surface area contributed by atoms with Gasteiger partial charge in [0.25, 0.3) is 0 Å². The van der Waals surface area contributed by atoms with Crippen LogP contribution in [0.3, 0.4) is 0 Å². The van der Waals surface area contributed by atoms with Gasteiger partial charge in [0, 0.05) is 39.1 Å². The minimum absolute atomic E-state index is 0.332. The number of thiocarbonyl (C=S) groups is 1. The van der Waals surface area contributed by atoms with Crippen molar-refractivity contribution in [1.29, 1.82) is 0 Å². The van der Waals surface area contributed by atoms with Gasteiger partial charge in [-0.3, -0.25) is 10.3 Å². The lowest BCUT2D eigenvalue weighted by Crippen LogP contribution is -2.51. The van der Waals surface area contributed by atoms with Crippen LogP contribution in [0.2, 0.25) is 0 Å². The Morgan fingerprint density at radius 2 is 2.12 bits per heavy atom. The number of ether oxygens (including phenoxy) is 1. The highest BCUT2D eigenvalue weighted by atomic mass is 32.1. The molecule has 0 unspecified atom stereocenters. The summed E-state index contributed by atoms with van der Waals surface area (Å²) in [6, 6.07) is 2.81. The molecule has 2 aliphatic heterocycles. The number of pyridine rings is 1. The zero-order chi connectivity index (χ0) is 16.9. The first-order valence-corrected chi connectivity index (χ1v) is 8.27. The molecule has 1 aromatic rings. The van der Waals surface area contributed by atoms with Gasteiger partial charge in [0.15, 0.2) is 5.11 Å². The number of nitrogens with one attached hydrogen (secondary N) is 1. The molecule has 1 N–H and O–H groups in total. The summed E-state index contributed by atoms with van der Waals surface area (Å²) in [7, 11) is 0. The Labute approximate surface area is 144 Å². The first kappa shape index (κ1) is 17.0. The fourth-order valence-electron chi connectivity index (χ4n) is 2.71. The van der Waals surface area contributed by atoms with Crippen LogP contribution in [-0.4, -0.2) is 71.6 Å². The van der Waals surface area contributed by atoms with Crippen LogP contribution in [0, 0.1) is 5.95 Å². The molecule has 1 saturated heterocycles. The molecular weight excluding hydrogens is 336 g/mol. The van der Waals surface area contributed by atoms with E-state index in [2.05, 4.69) is 20.4 Å². The van der Waals surface area contributed by atoms with Gasteiger partial charge in [-0.2, -0.15) is 9.49 Å². The summed E-state index contributed by atoms with van der Waals surface area (Å²) < 4.78 is 31.2. The molecule has 2 aliphatic rings. The van der Waals surface area contributed by atoms with Gasteiger partial charge in [-0.05, 0) is 24.4 Å². The fraction of sp³-hybridized carbons (Fsp3) is 0.533. The Hall–Kier alpha value is -1.87. The lowest BCUT2D eigenvalue weighted by molar-refractivity contribution is 0.170. The van der Waals surface area contributed by atoms with E-state index in [4.69, 9.17) is 17.0 Å². The highest BCUT2D eigenvalue weighted by molar-refractivity contribution is 7.80. The molecule has 130 valence electrons. The van der Waals surface area contributed by atoms with Gasteiger partial charge in [-0.25, -0.2) is 9.37 Å². The number of piperazine rings is 1. The predicted molar refractivity (Wildman–Crippen MR) is 90.6 cm³/mol. The van der Waals surface area contributed by atoms with Crippen LogP contribution in [0.5, 0.6) is 5.75 Å². The minimum Gasteiger partial charge on any atom is -0.491 e. The third-order valence-corrected chi connectivity index (χ3v) is 4.39. The number of aromatic nitrogens is 1. The fourth-order valence-corrected chi connectivity index (χ4v) is 2.94. The summed E-state index contributed by atoms with van der Waals surface area (Å²) in [5, 5.41) is 4.80. The van der Waals surface area contributed by atoms with E-state index in [9.17, 15) is 8.78 Å².